The summed E-state index contributed by atoms with van der Waals surface area (Å²) in [6, 6.07) is 5.55. The highest BCUT2D eigenvalue weighted by Gasteiger charge is 2.35. The molecule has 0 amide bonds. The normalized spacial score (nSPS) is 20.8. The maximum Gasteiger partial charge on any atom is 0.246 e. The second-order valence-corrected chi connectivity index (χ2v) is 7.44. The van der Waals surface area contributed by atoms with Crippen LogP contribution in [0.15, 0.2) is 29.2 Å². The Hall–Kier alpha value is -0.940. The first kappa shape index (κ1) is 13.5. The van der Waals surface area contributed by atoms with Gasteiger partial charge in [-0.25, -0.2) is 12.8 Å². The molecule has 0 bridgehead atoms. The molecule has 0 aromatic heterocycles. The second kappa shape index (κ2) is 4.63. The van der Waals surface area contributed by atoms with Gasteiger partial charge in [0.15, 0.2) is 0 Å². The Morgan fingerprint density at radius 1 is 1.28 bits per heavy atom. The Labute approximate surface area is 108 Å². The van der Waals surface area contributed by atoms with Gasteiger partial charge >= 0.3 is 0 Å². The fraction of sp³-hybridized carbons (Fsp3) is 0.538. The lowest BCUT2D eigenvalue weighted by molar-refractivity contribution is 0.186. The standard InChI is InChI=1S/C13H18FNO2S/c1-13(2)8-5-9-15(10-13)18(16,17)12-7-4-3-6-11(12)14/h3-4,6-7H,5,8-10H2,1-2H3. The van der Waals surface area contributed by atoms with Crippen LogP contribution in [0.5, 0.6) is 0 Å². The van der Waals surface area contributed by atoms with Gasteiger partial charge in [0.1, 0.15) is 10.7 Å². The van der Waals surface area contributed by atoms with Crippen LogP contribution in [0, 0.1) is 11.2 Å². The van der Waals surface area contributed by atoms with Gasteiger partial charge in [0.05, 0.1) is 0 Å². The van der Waals surface area contributed by atoms with E-state index in [-0.39, 0.29) is 10.3 Å². The SMILES string of the molecule is CC1(C)CCCN(S(=O)(=O)c2ccccc2F)C1. The summed E-state index contributed by atoms with van der Waals surface area (Å²) in [5, 5.41) is 0. The van der Waals surface area contributed by atoms with Gasteiger partial charge in [0, 0.05) is 13.1 Å². The van der Waals surface area contributed by atoms with E-state index in [2.05, 4.69) is 0 Å². The van der Waals surface area contributed by atoms with Gasteiger partial charge in [0.2, 0.25) is 10.0 Å². The van der Waals surface area contributed by atoms with Crippen LogP contribution in [0.1, 0.15) is 26.7 Å². The van der Waals surface area contributed by atoms with Crippen LogP contribution in [0.4, 0.5) is 4.39 Å². The van der Waals surface area contributed by atoms with Crippen LogP contribution < -0.4 is 0 Å². The molecule has 1 aliphatic rings. The summed E-state index contributed by atoms with van der Waals surface area (Å²) in [6.07, 6.45) is 1.82. The molecule has 1 aromatic carbocycles. The second-order valence-electron chi connectivity index (χ2n) is 5.54. The van der Waals surface area contributed by atoms with E-state index in [0.717, 1.165) is 12.8 Å². The van der Waals surface area contributed by atoms with Gasteiger partial charge in [-0.2, -0.15) is 4.31 Å². The van der Waals surface area contributed by atoms with Crippen LogP contribution in [0.3, 0.4) is 0 Å². The smallest absolute Gasteiger partial charge is 0.207 e. The minimum atomic E-state index is -3.71. The van der Waals surface area contributed by atoms with Crippen molar-refractivity contribution in [3.8, 4) is 0 Å². The average Bonchev–Trinajstić information content (AvgIpc) is 2.28. The van der Waals surface area contributed by atoms with Crippen molar-refractivity contribution < 1.29 is 12.8 Å². The summed E-state index contributed by atoms with van der Waals surface area (Å²) < 4.78 is 39.8. The number of sulfonamides is 1. The molecule has 100 valence electrons. The summed E-state index contributed by atoms with van der Waals surface area (Å²) in [5.41, 5.74) is -0.0451. The molecule has 1 heterocycles. The quantitative estimate of drug-likeness (QED) is 0.829. The van der Waals surface area contributed by atoms with E-state index in [4.69, 9.17) is 0 Å². The lowest BCUT2D eigenvalue weighted by atomic mass is 9.85. The zero-order valence-corrected chi connectivity index (χ0v) is 11.5. The van der Waals surface area contributed by atoms with Crippen LogP contribution in [-0.2, 0) is 10.0 Å². The third-order valence-corrected chi connectivity index (χ3v) is 5.20. The summed E-state index contributed by atoms with van der Waals surface area (Å²) in [7, 11) is -3.71. The van der Waals surface area contributed by atoms with Gasteiger partial charge in [-0.1, -0.05) is 26.0 Å². The molecule has 0 saturated carbocycles. The number of hydrogen-bond donors (Lipinski definition) is 0. The number of nitrogens with zero attached hydrogens (tertiary/aromatic N) is 1. The number of halogens is 1. The predicted molar refractivity (Wildman–Crippen MR) is 68.2 cm³/mol. The molecule has 0 radical (unpaired) electrons. The topological polar surface area (TPSA) is 37.4 Å². The van der Waals surface area contributed by atoms with Crippen molar-refractivity contribution in [2.24, 2.45) is 5.41 Å². The molecule has 3 nitrogen and oxygen atoms in total. The first-order valence-corrected chi connectivity index (χ1v) is 7.52. The Bertz CT molecular complexity index is 540. The Morgan fingerprint density at radius 2 is 1.94 bits per heavy atom. The molecular weight excluding hydrogens is 253 g/mol. The number of piperidine rings is 1. The molecule has 0 unspecified atom stereocenters. The summed E-state index contributed by atoms with van der Waals surface area (Å²) >= 11 is 0. The highest BCUT2D eigenvalue weighted by molar-refractivity contribution is 7.89. The minimum absolute atomic E-state index is 0.0451. The van der Waals surface area contributed by atoms with Gasteiger partial charge in [-0.3, -0.25) is 0 Å². The number of hydrogen-bond acceptors (Lipinski definition) is 2. The van der Waals surface area contributed by atoms with Crippen LogP contribution in [0.2, 0.25) is 0 Å². The molecule has 2 rings (SSSR count). The van der Waals surface area contributed by atoms with Crippen LogP contribution >= 0.6 is 0 Å². The fourth-order valence-electron chi connectivity index (χ4n) is 2.37. The summed E-state index contributed by atoms with van der Waals surface area (Å²) in [4.78, 5) is -0.220. The van der Waals surface area contributed by atoms with Gasteiger partial charge in [-0.15, -0.1) is 0 Å². The van der Waals surface area contributed by atoms with Crippen molar-refractivity contribution in [2.75, 3.05) is 13.1 Å². The van der Waals surface area contributed by atoms with E-state index < -0.39 is 15.8 Å². The third kappa shape index (κ3) is 2.57. The van der Waals surface area contributed by atoms with Crippen molar-refractivity contribution in [1.29, 1.82) is 0 Å². The Morgan fingerprint density at radius 3 is 2.56 bits per heavy atom. The average molecular weight is 271 g/mol. The fourth-order valence-corrected chi connectivity index (χ4v) is 4.10. The van der Waals surface area contributed by atoms with E-state index in [1.165, 1.54) is 22.5 Å². The third-order valence-electron chi connectivity index (χ3n) is 3.32. The molecule has 1 aliphatic heterocycles. The predicted octanol–water partition coefficient (Wildman–Crippen LogP) is 2.64. The van der Waals surface area contributed by atoms with E-state index in [1.807, 2.05) is 13.8 Å². The molecule has 0 aliphatic carbocycles. The molecule has 0 spiro atoms. The Kier molecular flexibility index (Phi) is 3.47. The molecule has 1 aromatic rings. The van der Waals surface area contributed by atoms with Gasteiger partial charge < -0.3 is 0 Å². The van der Waals surface area contributed by atoms with E-state index in [1.54, 1.807) is 6.07 Å². The van der Waals surface area contributed by atoms with Crippen molar-refractivity contribution in [2.45, 2.75) is 31.6 Å². The maximum atomic E-state index is 13.6. The van der Waals surface area contributed by atoms with Gasteiger partial charge in [0.25, 0.3) is 0 Å². The molecular formula is C13H18FNO2S. The Balaban J connectivity index is 2.35. The van der Waals surface area contributed by atoms with Crippen molar-refractivity contribution in [3.63, 3.8) is 0 Å². The highest BCUT2D eigenvalue weighted by atomic mass is 32.2. The molecule has 0 atom stereocenters. The monoisotopic (exact) mass is 271 g/mol. The zero-order valence-electron chi connectivity index (χ0n) is 10.7. The van der Waals surface area contributed by atoms with E-state index >= 15 is 0 Å². The minimum Gasteiger partial charge on any atom is -0.207 e. The van der Waals surface area contributed by atoms with E-state index in [9.17, 15) is 12.8 Å². The molecule has 18 heavy (non-hydrogen) atoms. The van der Waals surface area contributed by atoms with Crippen LogP contribution in [0.25, 0.3) is 0 Å². The number of benzene rings is 1. The molecule has 1 saturated heterocycles. The van der Waals surface area contributed by atoms with Crippen LogP contribution in [-0.4, -0.2) is 25.8 Å². The maximum absolute atomic E-state index is 13.6. The molecule has 5 heteroatoms. The first-order valence-electron chi connectivity index (χ1n) is 6.08. The largest absolute Gasteiger partial charge is 0.246 e. The first-order chi connectivity index (χ1) is 8.33. The molecule has 1 fully saturated rings. The highest BCUT2D eigenvalue weighted by Crippen LogP contribution is 2.32. The molecule has 0 N–H and O–H groups in total. The van der Waals surface area contributed by atoms with E-state index in [0.29, 0.717) is 13.1 Å². The lowest BCUT2D eigenvalue weighted by Crippen LogP contribution is -2.43. The van der Waals surface area contributed by atoms with Crippen molar-refractivity contribution in [3.05, 3.63) is 30.1 Å². The van der Waals surface area contributed by atoms with Gasteiger partial charge in [-0.05, 0) is 30.4 Å². The lowest BCUT2D eigenvalue weighted by Gasteiger charge is -2.37. The number of rotatable bonds is 2. The summed E-state index contributed by atoms with van der Waals surface area (Å²) in [5.74, 6) is -0.680. The summed E-state index contributed by atoms with van der Waals surface area (Å²) in [6.45, 7) is 5.00. The zero-order chi connectivity index (χ0) is 13.4. The van der Waals surface area contributed by atoms with Crippen molar-refractivity contribution in [1.82, 2.24) is 4.31 Å². The van der Waals surface area contributed by atoms with Crippen molar-refractivity contribution >= 4 is 10.0 Å².